The van der Waals surface area contributed by atoms with E-state index in [0.717, 1.165) is 11.9 Å². The van der Waals surface area contributed by atoms with Gasteiger partial charge in [0.1, 0.15) is 0 Å². The van der Waals surface area contributed by atoms with E-state index in [1.807, 2.05) is 13.0 Å². The van der Waals surface area contributed by atoms with E-state index < -0.39 is 0 Å². The number of hydrogen-bond donors (Lipinski definition) is 1. The molecule has 0 fully saturated rings. The summed E-state index contributed by atoms with van der Waals surface area (Å²) in [7, 11) is 0. The summed E-state index contributed by atoms with van der Waals surface area (Å²) in [6, 6.07) is 0. The minimum atomic E-state index is 1.12. The number of nitrogens with one attached hydrogen (secondary N) is 1. The predicted octanol–water partition coefficient (Wildman–Crippen LogP) is 2.20. The molecule has 34 valence electrons. The van der Waals surface area contributed by atoms with Crippen LogP contribution in [0.3, 0.4) is 0 Å². The van der Waals surface area contributed by atoms with Crippen molar-refractivity contribution in [1.82, 2.24) is 0 Å². The van der Waals surface area contributed by atoms with Crippen LogP contribution in [-0.4, -0.2) is 0 Å². The Hall–Kier alpha value is -0.310. The molecule has 0 aliphatic rings. The molecule has 0 heterocycles. The van der Waals surface area contributed by atoms with Crippen LogP contribution in [0.15, 0.2) is 16.0 Å². The molecule has 0 amide bonds. The normalized spacial score (nSPS) is 9.50. The molecule has 0 atom stereocenters. The van der Waals surface area contributed by atoms with Gasteiger partial charge in [0.05, 0.1) is 0 Å². The SMILES string of the molecule is C/C=C\SN=N. The third kappa shape index (κ3) is 3.69. The van der Waals surface area contributed by atoms with Crippen LogP contribution in [0.5, 0.6) is 0 Å². The quantitative estimate of drug-likeness (QED) is 0.421. The predicted molar refractivity (Wildman–Crippen MR) is 27.6 cm³/mol. The Bertz CT molecular complexity index is 59.8. The topological polar surface area (TPSA) is 36.2 Å². The fraction of sp³-hybridized carbons (Fsp3) is 0.333. The van der Waals surface area contributed by atoms with Crippen LogP contribution in [0.4, 0.5) is 0 Å². The standard InChI is InChI=1S/C3H6N2S/c1-2-3-6-5-4/h2-4H,1H3/b3-2-,5-4?. The maximum atomic E-state index is 6.24. The molecule has 0 bridgehead atoms. The maximum absolute atomic E-state index is 6.24. The second kappa shape index (κ2) is 4.69. The number of rotatable bonds is 2. The Morgan fingerprint density at radius 1 is 1.83 bits per heavy atom. The molecule has 6 heavy (non-hydrogen) atoms. The maximum Gasteiger partial charge on any atom is 0.0252 e. The van der Waals surface area contributed by atoms with Gasteiger partial charge in [0.15, 0.2) is 0 Å². The van der Waals surface area contributed by atoms with E-state index >= 15 is 0 Å². The van der Waals surface area contributed by atoms with Gasteiger partial charge in [-0.25, -0.2) is 0 Å². The van der Waals surface area contributed by atoms with Gasteiger partial charge in [0.2, 0.25) is 0 Å². The summed E-state index contributed by atoms with van der Waals surface area (Å²) in [6.45, 7) is 1.89. The number of nitrogens with zero attached hydrogens (tertiary/aromatic N) is 1. The van der Waals surface area contributed by atoms with Gasteiger partial charge in [-0.1, -0.05) is 6.08 Å². The van der Waals surface area contributed by atoms with Gasteiger partial charge in [-0.3, -0.25) is 0 Å². The zero-order chi connectivity index (χ0) is 4.83. The van der Waals surface area contributed by atoms with Gasteiger partial charge < -0.3 is 0 Å². The molecule has 0 aliphatic heterocycles. The van der Waals surface area contributed by atoms with Crippen LogP contribution in [0, 0.1) is 5.53 Å². The van der Waals surface area contributed by atoms with E-state index in [9.17, 15) is 0 Å². The first-order chi connectivity index (χ1) is 2.91. The first-order valence-corrected chi connectivity index (χ1v) is 2.39. The van der Waals surface area contributed by atoms with Crippen LogP contribution in [0.1, 0.15) is 6.92 Å². The lowest BCUT2D eigenvalue weighted by Crippen LogP contribution is -1.34. The molecule has 0 radical (unpaired) electrons. The highest BCUT2D eigenvalue weighted by Crippen LogP contribution is 1.99. The smallest absolute Gasteiger partial charge is 0.0252 e. The largest absolute Gasteiger partial charge is 0.197 e. The number of hydrogen-bond acceptors (Lipinski definition) is 3. The summed E-state index contributed by atoms with van der Waals surface area (Å²) < 4.78 is 3.01. The second-order valence-corrected chi connectivity index (χ2v) is 1.33. The van der Waals surface area contributed by atoms with E-state index in [4.69, 9.17) is 5.53 Å². The van der Waals surface area contributed by atoms with Gasteiger partial charge in [0, 0.05) is 11.9 Å². The molecular weight excluding hydrogens is 96.1 g/mol. The van der Waals surface area contributed by atoms with Crippen molar-refractivity contribution in [2.75, 3.05) is 0 Å². The molecule has 0 saturated heterocycles. The molecule has 2 nitrogen and oxygen atoms in total. The molecular formula is C3H6N2S. The molecule has 0 aromatic rings. The average Bonchev–Trinajstić information content (AvgIpc) is 1.61. The minimum absolute atomic E-state index is 1.12. The monoisotopic (exact) mass is 102 g/mol. The highest BCUT2D eigenvalue weighted by atomic mass is 32.2. The summed E-state index contributed by atoms with van der Waals surface area (Å²) in [5, 5.41) is 1.74. The van der Waals surface area contributed by atoms with Gasteiger partial charge in [-0.15, -0.1) is 4.52 Å². The molecule has 0 rings (SSSR count). The van der Waals surface area contributed by atoms with E-state index in [-0.39, 0.29) is 0 Å². The Balaban J connectivity index is 2.85. The lowest BCUT2D eigenvalue weighted by molar-refractivity contribution is 1.26. The van der Waals surface area contributed by atoms with Gasteiger partial charge in [-0.05, 0) is 12.3 Å². The van der Waals surface area contributed by atoms with Crippen molar-refractivity contribution in [2.45, 2.75) is 6.92 Å². The summed E-state index contributed by atoms with van der Waals surface area (Å²) in [4.78, 5) is 0. The van der Waals surface area contributed by atoms with Crippen molar-refractivity contribution in [1.29, 1.82) is 5.53 Å². The second-order valence-electron chi connectivity index (χ2n) is 0.666. The van der Waals surface area contributed by atoms with E-state index in [2.05, 4.69) is 4.52 Å². The summed E-state index contributed by atoms with van der Waals surface area (Å²) in [6.07, 6.45) is 1.84. The van der Waals surface area contributed by atoms with Crippen LogP contribution >= 0.6 is 11.9 Å². The fourth-order valence-electron chi connectivity index (χ4n) is 0.0913. The molecule has 0 aromatic heterocycles. The first-order valence-electron chi connectivity index (χ1n) is 1.55. The van der Waals surface area contributed by atoms with Crippen molar-refractivity contribution >= 4 is 11.9 Å². The lowest BCUT2D eigenvalue weighted by atomic mass is 10.8. The fourth-order valence-corrected chi connectivity index (χ4v) is 0.274. The van der Waals surface area contributed by atoms with Crippen molar-refractivity contribution in [3.05, 3.63) is 11.5 Å². The zero-order valence-corrected chi connectivity index (χ0v) is 4.33. The average molecular weight is 102 g/mol. The van der Waals surface area contributed by atoms with Crippen molar-refractivity contribution < 1.29 is 0 Å². The van der Waals surface area contributed by atoms with Gasteiger partial charge >= 0.3 is 0 Å². The Kier molecular flexibility index (Phi) is 4.45. The van der Waals surface area contributed by atoms with Crippen molar-refractivity contribution in [2.24, 2.45) is 4.52 Å². The molecule has 0 spiro atoms. The van der Waals surface area contributed by atoms with Crippen molar-refractivity contribution in [3.63, 3.8) is 0 Å². The molecule has 0 aromatic carbocycles. The van der Waals surface area contributed by atoms with E-state index in [0.29, 0.717) is 0 Å². The van der Waals surface area contributed by atoms with E-state index in [1.165, 1.54) is 0 Å². The summed E-state index contributed by atoms with van der Waals surface area (Å²) in [5.41, 5.74) is 6.24. The Morgan fingerprint density at radius 3 is 2.67 bits per heavy atom. The minimum Gasteiger partial charge on any atom is -0.197 e. The number of allylic oxidation sites excluding steroid dienone is 1. The zero-order valence-electron chi connectivity index (χ0n) is 3.51. The molecule has 1 N–H and O–H groups in total. The van der Waals surface area contributed by atoms with Crippen LogP contribution in [0.25, 0.3) is 0 Å². The van der Waals surface area contributed by atoms with E-state index in [1.54, 1.807) is 5.41 Å². The third-order valence-corrected chi connectivity index (χ3v) is 0.749. The molecule has 0 saturated carbocycles. The summed E-state index contributed by atoms with van der Waals surface area (Å²) in [5.74, 6) is 0. The highest BCUT2D eigenvalue weighted by molar-refractivity contribution is 8.00. The molecule has 0 aliphatic carbocycles. The highest BCUT2D eigenvalue weighted by Gasteiger charge is 1.60. The molecule has 3 heteroatoms. The Morgan fingerprint density at radius 2 is 2.50 bits per heavy atom. The Labute approximate surface area is 41.3 Å². The van der Waals surface area contributed by atoms with Crippen molar-refractivity contribution in [3.8, 4) is 0 Å². The van der Waals surface area contributed by atoms with Gasteiger partial charge in [-0.2, -0.15) is 5.53 Å². The van der Waals surface area contributed by atoms with Gasteiger partial charge in [0.25, 0.3) is 0 Å². The molecule has 0 unspecified atom stereocenters. The van der Waals surface area contributed by atoms with Crippen LogP contribution in [-0.2, 0) is 0 Å². The third-order valence-electron chi connectivity index (χ3n) is 0.250. The lowest BCUT2D eigenvalue weighted by Gasteiger charge is -1.67. The van der Waals surface area contributed by atoms with Crippen LogP contribution in [0.2, 0.25) is 0 Å². The first kappa shape index (κ1) is 5.69. The van der Waals surface area contributed by atoms with Crippen LogP contribution < -0.4 is 0 Å². The summed E-state index contributed by atoms with van der Waals surface area (Å²) >= 11 is 1.12.